The number of ether oxygens (including phenoxy) is 1. The summed E-state index contributed by atoms with van der Waals surface area (Å²) in [5.41, 5.74) is 5.55. The quantitative estimate of drug-likeness (QED) is 0.799. The third-order valence-electron chi connectivity index (χ3n) is 2.63. The monoisotopic (exact) mass is 271 g/mol. The van der Waals surface area contributed by atoms with Gasteiger partial charge in [0.2, 0.25) is 0 Å². The first-order valence-electron chi connectivity index (χ1n) is 5.86. The van der Waals surface area contributed by atoms with Crippen LogP contribution in [0.2, 0.25) is 5.02 Å². The van der Waals surface area contributed by atoms with Crippen molar-refractivity contribution in [1.82, 2.24) is 0 Å². The summed E-state index contributed by atoms with van der Waals surface area (Å²) < 4.78 is 5.68. The number of halogens is 1. The Morgan fingerprint density at radius 1 is 1.50 bits per heavy atom. The molecule has 0 spiro atoms. The summed E-state index contributed by atoms with van der Waals surface area (Å²) in [5, 5.41) is 9.29. The van der Waals surface area contributed by atoms with Gasteiger partial charge < -0.3 is 15.6 Å². The third-order valence-corrected chi connectivity index (χ3v) is 2.94. The smallest absolute Gasteiger partial charge is 0.303 e. The summed E-state index contributed by atoms with van der Waals surface area (Å²) in [4.78, 5) is 10.6. The zero-order chi connectivity index (χ0) is 13.5. The van der Waals surface area contributed by atoms with E-state index in [1.807, 2.05) is 19.1 Å². The van der Waals surface area contributed by atoms with Gasteiger partial charge in [0.05, 0.1) is 11.1 Å². The van der Waals surface area contributed by atoms with Gasteiger partial charge in [0.1, 0.15) is 5.75 Å². The van der Waals surface area contributed by atoms with E-state index in [0.29, 0.717) is 23.7 Å². The number of para-hydroxylation sites is 1. The second-order valence-corrected chi connectivity index (χ2v) is 4.70. The Bertz CT molecular complexity index is 398. The number of benzene rings is 1. The van der Waals surface area contributed by atoms with Crippen LogP contribution in [0.15, 0.2) is 24.3 Å². The molecule has 100 valence electrons. The van der Waals surface area contributed by atoms with E-state index < -0.39 is 5.97 Å². The van der Waals surface area contributed by atoms with Crippen LogP contribution >= 0.6 is 11.6 Å². The number of aliphatic carboxylic acids is 1. The van der Waals surface area contributed by atoms with Gasteiger partial charge in [-0.05, 0) is 37.9 Å². The number of hydrogen-bond donors (Lipinski definition) is 2. The molecule has 2 atom stereocenters. The van der Waals surface area contributed by atoms with Crippen LogP contribution in [0.4, 0.5) is 0 Å². The van der Waals surface area contributed by atoms with E-state index in [9.17, 15) is 4.79 Å². The van der Waals surface area contributed by atoms with Crippen molar-refractivity contribution >= 4 is 17.6 Å². The van der Waals surface area contributed by atoms with Crippen LogP contribution in [0.5, 0.6) is 5.75 Å². The molecule has 0 saturated heterocycles. The van der Waals surface area contributed by atoms with Crippen LogP contribution in [0, 0.1) is 5.92 Å². The minimum atomic E-state index is -0.838. The molecule has 1 unspecified atom stereocenters. The Labute approximate surface area is 112 Å². The Balaban J connectivity index is 2.52. The molecule has 5 heteroatoms. The maximum atomic E-state index is 10.6. The molecule has 0 amide bonds. The molecule has 1 aromatic carbocycles. The highest BCUT2D eigenvalue weighted by molar-refractivity contribution is 6.32. The van der Waals surface area contributed by atoms with Gasteiger partial charge in [-0.25, -0.2) is 0 Å². The van der Waals surface area contributed by atoms with E-state index in [4.69, 9.17) is 27.2 Å². The first-order chi connectivity index (χ1) is 8.52. The molecule has 0 bridgehead atoms. The number of hydrogen-bond acceptors (Lipinski definition) is 3. The number of carbonyl (C=O) groups is 1. The molecule has 0 aliphatic heterocycles. The van der Waals surface area contributed by atoms with Crippen molar-refractivity contribution in [2.75, 3.05) is 6.54 Å². The van der Waals surface area contributed by atoms with Crippen LogP contribution in [-0.2, 0) is 4.79 Å². The Hall–Kier alpha value is -1.26. The number of nitrogens with two attached hydrogens (primary N) is 1. The number of carboxylic acids is 1. The van der Waals surface area contributed by atoms with E-state index in [2.05, 4.69) is 0 Å². The lowest BCUT2D eigenvalue weighted by Gasteiger charge is -2.20. The predicted molar refractivity (Wildman–Crippen MR) is 71.0 cm³/mol. The third kappa shape index (κ3) is 4.94. The fourth-order valence-electron chi connectivity index (χ4n) is 1.78. The van der Waals surface area contributed by atoms with Crippen LogP contribution in [0.3, 0.4) is 0 Å². The molecule has 18 heavy (non-hydrogen) atoms. The van der Waals surface area contributed by atoms with E-state index in [0.717, 1.165) is 0 Å². The summed E-state index contributed by atoms with van der Waals surface area (Å²) in [7, 11) is 0. The molecule has 3 N–H and O–H groups in total. The lowest BCUT2D eigenvalue weighted by molar-refractivity contribution is -0.138. The molecular formula is C13H18ClNO3. The summed E-state index contributed by atoms with van der Waals surface area (Å²) in [6, 6.07) is 7.20. The molecule has 1 aromatic rings. The lowest BCUT2D eigenvalue weighted by Crippen LogP contribution is -2.25. The van der Waals surface area contributed by atoms with Crippen molar-refractivity contribution < 1.29 is 14.6 Å². The van der Waals surface area contributed by atoms with Gasteiger partial charge in [0.15, 0.2) is 0 Å². The van der Waals surface area contributed by atoms with E-state index in [1.165, 1.54) is 0 Å². The van der Waals surface area contributed by atoms with Gasteiger partial charge in [-0.15, -0.1) is 0 Å². The second-order valence-electron chi connectivity index (χ2n) is 4.29. The normalized spacial score (nSPS) is 13.9. The van der Waals surface area contributed by atoms with Crippen molar-refractivity contribution in [2.45, 2.75) is 25.9 Å². The zero-order valence-electron chi connectivity index (χ0n) is 10.3. The van der Waals surface area contributed by atoms with Gasteiger partial charge in [0, 0.05) is 6.42 Å². The Morgan fingerprint density at radius 2 is 2.17 bits per heavy atom. The number of carboxylic acid groups (broad SMARTS) is 1. The summed E-state index contributed by atoms with van der Waals surface area (Å²) in [6.07, 6.45) is 0.526. The van der Waals surface area contributed by atoms with Gasteiger partial charge in [-0.2, -0.15) is 0 Å². The molecule has 0 heterocycles. The highest BCUT2D eigenvalue weighted by atomic mass is 35.5. The maximum absolute atomic E-state index is 10.6. The minimum absolute atomic E-state index is 0.0622. The fourth-order valence-corrected chi connectivity index (χ4v) is 1.96. The van der Waals surface area contributed by atoms with Crippen molar-refractivity contribution in [2.24, 2.45) is 11.7 Å². The van der Waals surface area contributed by atoms with Crippen LogP contribution in [-0.4, -0.2) is 23.7 Å². The topological polar surface area (TPSA) is 72.6 Å². The average molecular weight is 272 g/mol. The molecule has 0 aliphatic carbocycles. The highest BCUT2D eigenvalue weighted by Gasteiger charge is 2.16. The zero-order valence-corrected chi connectivity index (χ0v) is 11.1. The fraction of sp³-hybridized carbons (Fsp3) is 0.462. The van der Waals surface area contributed by atoms with E-state index >= 15 is 0 Å². The van der Waals surface area contributed by atoms with Crippen molar-refractivity contribution in [3.63, 3.8) is 0 Å². The highest BCUT2D eigenvalue weighted by Crippen LogP contribution is 2.25. The Morgan fingerprint density at radius 3 is 2.72 bits per heavy atom. The molecular weight excluding hydrogens is 254 g/mol. The maximum Gasteiger partial charge on any atom is 0.303 e. The van der Waals surface area contributed by atoms with Gasteiger partial charge in [0.25, 0.3) is 0 Å². The van der Waals surface area contributed by atoms with Crippen LogP contribution in [0.25, 0.3) is 0 Å². The number of rotatable bonds is 7. The largest absolute Gasteiger partial charge is 0.489 e. The first kappa shape index (κ1) is 14.8. The SMILES string of the molecule is CC(C[C@H](CN)CC(=O)O)Oc1ccccc1Cl. The second kappa shape index (κ2) is 7.24. The molecule has 0 saturated carbocycles. The van der Waals surface area contributed by atoms with Crippen molar-refractivity contribution in [3.05, 3.63) is 29.3 Å². The minimum Gasteiger partial charge on any atom is -0.489 e. The van der Waals surface area contributed by atoms with E-state index in [1.54, 1.807) is 12.1 Å². The van der Waals surface area contributed by atoms with Crippen LogP contribution in [0.1, 0.15) is 19.8 Å². The van der Waals surface area contributed by atoms with E-state index in [-0.39, 0.29) is 18.4 Å². The standard InChI is InChI=1S/C13H18ClNO3/c1-9(6-10(8-15)7-13(16)17)18-12-5-3-2-4-11(12)14/h2-5,9-10H,6-8,15H2,1H3,(H,16,17)/t9?,10-/m0/s1. The first-order valence-corrected chi connectivity index (χ1v) is 6.23. The molecule has 1 rings (SSSR count). The predicted octanol–water partition coefficient (Wildman–Crippen LogP) is 2.55. The van der Waals surface area contributed by atoms with Gasteiger partial charge >= 0.3 is 5.97 Å². The van der Waals surface area contributed by atoms with Crippen molar-refractivity contribution in [3.8, 4) is 5.75 Å². The van der Waals surface area contributed by atoms with Crippen molar-refractivity contribution in [1.29, 1.82) is 0 Å². The molecule has 0 aliphatic rings. The summed E-state index contributed by atoms with van der Waals surface area (Å²) >= 11 is 5.98. The van der Waals surface area contributed by atoms with Crippen LogP contribution < -0.4 is 10.5 Å². The lowest BCUT2D eigenvalue weighted by atomic mass is 9.99. The summed E-state index contributed by atoms with van der Waals surface area (Å²) in [6.45, 7) is 2.22. The average Bonchev–Trinajstić information content (AvgIpc) is 2.30. The molecule has 0 radical (unpaired) electrons. The molecule has 4 nitrogen and oxygen atoms in total. The summed E-state index contributed by atoms with van der Waals surface area (Å²) in [5.74, 6) is -0.312. The van der Waals surface area contributed by atoms with Gasteiger partial charge in [-0.1, -0.05) is 23.7 Å². The Kier molecular flexibility index (Phi) is 5.95. The molecule has 0 aromatic heterocycles. The van der Waals surface area contributed by atoms with Gasteiger partial charge in [-0.3, -0.25) is 4.79 Å². The molecule has 0 fully saturated rings.